The number of amides is 2. The number of benzene rings is 2. The van der Waals surface area contributed by atoms with Gasteiger partial charge in [-0.3, -0.25) is 10.6 Å². The average Bonchev–Trinajstić information content (AvgIpc) is 2.61. The number of para-hydroxylation sites is 2. The fraction of sp³-hybridized carbons (Fsp3) is 0.273. The van der Waals surface area contributed by atoms with Crippen molar-refractivity contribution < 1.29 is 19.1 Å². The molecule has 0 radical (unpaired) electrons. The summed E-state index contributed by atoms with van der Waals surface area (Å²) >= 11 is 0. The van der Waals surface area contributed by atoms with Crippen LogP contribution in [0.15, 0.2) is 60.7 Å². The third-order valence-corrected chi connectivity index (χ3v) is 3.40. The first kappa shape index (κ1) is 20.8. The molecule has 0 saturated heterocycles. The number of carbonyl (C=O) groups excluding carboxylic acids is 2. The van der Waals surface area contributed by atoms with Crippen molar-refractivity contribution in [2.45, 2.75) is 38.9 Å². The van der Waals surface area contributed by atoms with E-state index in [-0.39, 0.29) is 0 Å². The summed E-state index contributed by atoms with van der Waals surface area (Å²) in [5.41, 5.74) is -0.903. The van der Waals surface area contributed by atoms with Gasteiger partial charge in [-0.15, -0.1) is 0 Å². The summed E-state index contributed by atoms with van der Waals surface area (Å²) in [7, 11) is 0. The lowest BCUT2D eigenvalue weighted by atomic mass is 10.1. The zero-order valence-corrected chi connectivity index (χ0v) is 16.4. The molecule has 0 aliphatic rings. The van der Waals surface area contributed by atoms with Gasteiger partial charge in [0.05, 0.1) is 0 Å². The van der Waals surface area contributed by atoms with E-state index in [4.69, 9.17) is 9.47 Å². The van der Waals surface area contributed by atoms with Gasteiger partial charge in [0.15, 0.2) is 11.2 Å². The van der Waals surface area contributed by atoms with Crippen LogP contribution >= 0.6 is 0 Å². The number of anilines is 2. The van der Waals surface area contributed by atoms with Gasteiger partial charge in [0, 0.05) is 11.4 Å². The van der Waals surface area contributed by atoms with Crippen molar-refractivity contribution in [1.29, 1.82) is 0 Å². The third kappa shape index (κ3) is 7.42. The van der Waals surface area contributed by atoms with E-state index in [2.05, 4.69) is 22.5 Å². The minimum absolute atomic E-state index is 0.619. The van der Waals surface area contributed by atoms with Gasteiger partial charge in [0.25, 0.3) is 0 Å². The van der Waals surface area contributed by atoms with Crippen molar-refractivity contribution in [3.8, 4) is 11.8 Å². The Hall–Kier alpha value is -3.46. The number of carbonyl (C=O) groups is 2. The lowest BCUT2D eigenvalue weighted by molar-refractivity contribution is 0.0823. The number of hydrogen-bond acceptors (Lipinski definition) is 4. The smallest absolute Gasteiger partial charge is 0.413 e. The topological polar surface area (TPSA) is 76.7 Å². The second-order valence-corrected chi connectivity index (χ2v) is 7.03. The molecule has 6 heteroatoms. The van der Waals surface area contributed by atoms with Crippen molar-refractivity contribution in [1.82, 2.24) is 0 Å². The van der Waals surface area contributed by atoms with Crippen LogP contribution in [-0.4, -0.2) is 23.4 Å². The van der Waals surface area contributed by atoms with Crippen LogP contribution < -0.4 is 10.6 Å². The van der Waals surface area contributed by atoms with E-state index in [0.717, 1.165) is 0 Å². The fourth-order valence-corrected chi connectivity index (χ4v) is 2.15. The van der Waals surface area contributed by atoms with Crippen LogP contribution in [0.1, 0.15) is 27.7 Å². The summed E-state index contributed by atoms with van der Waals surface area (Å²) in [6.07, 6.45) is -1.24. The molecule has 0 heterocycles. The minimum Gasteiger partial charge on any atom is -0.430 e. The monoisotopic (exact) mass is 380 g/mol. The molecule has 2 aromatic rings. The van der Waals surface area contributed by atoms with E-state index >= 15 is 0 Å². The molecule has 0 aliphatic carbocycles. The Balaban J connectivity index is 1.92. The number of ether oxygens (including phenoxy) is 2. The molecule has 0 saturated carbocycles. The molecule has 0 bridgehead atoms. The molecular weight excluding hydrogens is 356 g/mol. The largest absolute Gasteiger partial charge is 0.430 e. The van der Waals surface area contributed by atoms with Crippen LogP contribution in [0, 0.1) is 11.8 Å². The van der Waals surface area contributed by atoms with Gasteiger partial charge in [-0.25, -0.2) is 9.59 Å². The predicted molar refractivity (Wildman–Crippen MR) is 109 cm³/mol. The second-order valence-electron chi connectivity index (χ2n) is 7.03. The van der Waals surface area contributed by atoms with E-state index in [9.17, 15) is 9.59 Å². The molecule has 0 atom stereocenters. The summed E-state index contributed by atoms with van der Waals surface area (Å²) in [6.45, 7) is 6.63. The molecule has 28 heavy (non-hydrogen) atoms. The third-order valence-electron chi connectivity index (χ3n) is 3.40. The number of hydrogen-bond donors (Lipinski definition) is 2. The van der Waals surface area contributed by atoms with Crippen molar-refractivity contribution in [2.75, 3.05) is 10.6 Å². The molecule has 0 aromatic heterocycles. The Morgan fingerprint density at radius 1 is 0.679 bits per heavy atom. The highest BCUT2D eigenvalue weighted by molar-refractivity contribution is 5.85. The Morgan fingerprint density at radius 2 is 1.00 bits per heavy atom. The van der Waals surface area contributed by atoms with Gasteiger partial charge in [-0.2, -0.15) is 0 Å². The van der Waals surface area contributed by atoms with Gasteiger partial charge in [-0.1, -0.05) is 48.2 Å². The SMILES string of the molecule is CC(C)(C#CC(C)(C)OC(=O)Nc1ccccc1)OC(=O)Nc1ccccc1. The molecule has 0 unspecified atom stereocenters. The Labute approximate surface area is 165 Å². The van der Waals surface area contributed by atoms with Crippen molar-refractivity contribution in [3.63, 3.8) is 0 Å². The molecule has 2 amide bonds. The van der Waals surface area contributed by atoms with Crippen LogP contribution in [-0.2, 0) is 9.47 Å². The normalized spacial score (nSPS) is 10.9. The molecular formula is C22H24N2O4. The molecule has 6 nitrogen and oxygen atoms in total. The quantitative estimate of drug-likeness (QED) is 0.728. The van der Waals surface area contributed by atoms with Crippen molar-refractivity contribution in [3.05, 3.63) is 60.7 Å². The van der Waals surface area contributed by atoms with Gasteiger partial charge in [0.1, 0.15) is 0 Å². The van der Waals surface area contributed by atoms with E-state index in [1.807, 2.05) is 12.1 Å². The second kappa shape index (κ2) is 8.96. The summed E-state index contributed by atoms with van der Waals surface area (Å²) in [5, 5.41) is 5.26. The molecule has 2 aromatic carbocycles. The molecule has 2 rings (SSSR count). The first-order valence-corrected chi connectivity index (χ1v) is 8.80. The summed E-state index contributed by atoms with van der Waals surface area (Å²) in [6, 6.07) is 17.9. The molecule has 146 valence electrons. The number of rotatable bonds is 4. The average molecular weight is 380 g/mol. The Kier molecular flexibility index (Phi) is 6.67. The summed E-state index contributed by atoms with van der Waals surface area (Å²) in [4.78, 5) is 24.1. The van der Waals surface area contributed by atoms with Crippen LogP contribution in [0.2, 0.25) is 0 Å². The highest BCUT2D eigenvalue weighted by Gasteiger charge is 2.24. The van der Waals surface area contributed by atoms with Gasteiger partial charge in [-0.05, 0) is 52.0 Å². The van der Waals surface area contributed by atoms with E-state index in [0.29, 0.717) is 11.4 Å². The summed E-state index contributed by atoms with van der Waals surface area (Å²) in [5.74, 6) is 5.69. The zero-order chi connectivity index (χ0) is 20.6. The standard InChI is InChI=1S/C22H24N2O4/c1-21(2,27-19(25)23-17-11-7-5-8-12-17)15-16-22(3,4)28-20(26)24-18-13-9-6-10-14-18/h5-14H,1-4H3,(H,23,25)(H,24,26). The summed E-state index contributed by atoms with van der Waals surface area (Å²) < 4.78 is 10.7. The predicted octanol–water partition coefficient (Wildman–Crippen LogP) is 5.04. The van der Waals surface area contributed by atoms with Gasteiger partial charge >= 0.3 is 12.2 Å². The van der Waals surface area contributed by atoms with Crippen molar-refractivity contribution in [2.24, 2.45) is 0 Å². The van der Waals surface area contributed by atoms with Crippen LogP contribution in [0.5, 0.6) is 0 Å². The lowest BCUT2D eigenvalue weighted by Gasteiger charge is -2.22. The minimum atomic E-state index is -1.07. The Morgan fingerprint density at radius 3 is 1.32 bits per heavy atom. The first-order chi connectivity index (χ1) is 13.2. The highest BCUT2D eigenvalue weighted by Crippen LogP contribution is 2.15. The molecule has 0 spiro atoms. The van der Waals surface area contributed by atoms with Crippen LogP contribution in [0.3, 0.4) is 0 Å². The lowest BCUT2D eigenvalue weighted by Crippen LogP contribution is -2.32. The van der Waals surface area contributed by atoms with E-state index in [1.165, 1.54) is 0 Å². The van der Waals surface area contributed by atoms with Crippen molar-refractivity contribution >= 4 is 23.6 Å². The molecule has 0 aliphatic heterocycles. The maximum Gasteiger partial charge on any atom is 0.413 e. The zero-order valence-electron chi connectivity index (χ0n) is 16.4. The van der Waals surface area contributed by atoms with Crippen LogP contribution in [0.4, 0.5) is 21.0 Å². The maximum absolute atomic E-state index is 12.0. The Bertz CT molecular complexity index is 794. The van der Waals surface area contributed by atoms with Crippen LogP contribution in [0.25, 0.3) is 0 Å². The van der Waals surface area contributed by atoms with Gasteiger partial charge in [0.2, 0.25) is 0 Å². The fourth-order valence-electron chi connectivity index (χ4n) is 2.15. The molecule has 0 fully saturated rings. The first-order valence-electron chi connectivity index (χ1n) is 8.80. The highest BCUT2D eigenvalue weighted by atomic mass is 16.6. The van der Waals surface area contributed by atoms with E-state index < -0.39 is 23.4 Å². The number of nitrogens with one attached hydrogen (secondary N) is 2. The van der Waals surface area contributed by atoms with Gasteiger partial charge < -0.3 is 9.47 Å². The van der Waals surface area contributed by atoms with E-state index in [1.54, 1.807) is 76.2 Å². The molecule has 2 N–H and O–H groups in total. The maximum atomic E-state index is 12.0.